The van der Waals surface area contributed by atoms with Crippen molar-refractivity contribution < 1.29 is 13.5 Å². The molecule has 1 fully saturated rings. The number of H-pyrrole nitrogens is 3. The molecule has 3 heterocycles. The van der Waals surface area contributed by atoms with Gasteiger partial charge in [0.2, 0.25) is 0 Å². The Morgan fingerprint density at radius 1 is 1.17 bits per heavy atom. The summed E-state index contributed by atoms with van der Waals surface area (Å²) in [6, 6.07) is 6.20. The topological polar surface area (TPSA) is 104 Å². The van der Waals surface area contributed by atoms with Crippen LogP contribution < -0.4 is 11.2 Å². The lowest BCUT2D eigenvalue weighted by atomic mass is 9.97. The van der Waals surface area contributed by atoms with Gasteiger partial charge >= 0.3 is 11.6 Å². The molecule has 3 aromatic rings. The Morgan fingerprint density at radius 3 is 2.52 bits per heavy atom. The first-order chi connectivity index (χ1) is 11.0. The summed E-state index contributed by atoms with van der Waals surface area (Å²) < 4.78 is 31.6. The molecule has 118 valence electrons. The number of nitrogens with zero attached hydrogens (tertiary/aromatic N) is 1. The minimum atomic E-state index is -2.86. The average Bonchev–Trinajstić information content (AvgIpc) is 2.91. The van der Waals surface area contributed by atoms with Crippen LogP contribution in [0.4, 0.5) is 8.78 Å². The molecule has 0 spiro atoms. The van der Waals surface area contributed by atoms with E-state index in [0.29, 0.717) is 16.8 Å². The minimum absolute atomic E-state index is 0.131. The van der Waals surface area contributed by atoms with Crippen LogP contribution in [0.3, 0.4) is 0 Å². The van der Waals surface area contributed by atoms with Crippen molar-refractivity contribution in [3.8, 4) is 11.3 Å². The average molecular weight is 320 g/mol. The van der Waals surface area contributed by atoms with E-state index in [2.05, 4.69) is 20.2 Å². The molecule has 1 aromatic carbocycles. The van der Waals surface area contributed by atoms with Crippen LogP contribution in [0.2, 0.25) is 0 Å². The van der Waals surface area contributed by atoms with Crippen molar-refractivity contribution in [1.82, 2.24) is 20.2 Å². The molecule has 0 aliphatic carbocycles. The zero-order valence-corrected chi connectivity index (χ0v) is 11.5. The van der Waals surface area contributed by atoms with Crippen LogP contribution in [0.5, 0.6) is 0 Å². The van der Waals surface area contributed by atoms with E-state index in [1.54, 1.807) is 12.1 Å². The van der Waals surface area contributed by atoms with Crippen molar-refractivity contribution in [2.75, 3.05) is 6.61 Å². The Balaban J connectivity index is 1.77. The molecule has 4 rings (SSSR count). The fourth-order valence-electron chi connectivity index (χ4n) is 2.62. The summed E-state index contributed by atoms with van der Waals surface area (Å²) in [5.74, 6) is -2.86. The van der Waals surface area contributed by atoms with Crippen molar-refractivity contribution >= 4 is 11.0 Å². The van der Waals surface area contributed by atoms with Gasteiger partial charge in [-0.3, -0.25) is 19.9 Å². The summed E-state index contributed by atoms with van der Waals surface area (Å²) in [5.41, 5.74) is 0.232. The maximum atomic E-state index is 13.3. The van der Waals surface area contributed by atoms with E-state index in [1.807, 2.05) is 0 Å². The van der Waals surface area contributed by atoms with Crippen molar-refractivity contribution in [1.29, 1.82) is 0 Å². The van der Waals surface area contributed by atoms with Gasteiger partial charge in [-0.2, -0.15) is 5.10 Å². The predicted molar refractivity (Wildman–Crippen MR) is 76.4 cm³/mol. The molecule has 3 N–H and O–H groups in total. The number of hydrogen-bond donors (Lipinski definition) is 3. The third-order valence-corrected chi connectivity index (χ3v) is 3.78. The molecule has 0 radical (unpaired) electrons. The molecule has 1 aliphatic heterocycles. The van der Waals surface area contributed by atoms with E-state index in [4.69, 9.17) is 4.74 Å². The Bertz CT molecular complexity index is 1000. The normalized spacial score (nSPS) is 19.7. The third-order valence-electron chi connectivity index (χ3n) is 3.78. The van der Waals surface area contributed by atoms with Gasteiger partial charge in [0.1, 0.15) is 18.1 Å². The Labute approximate surface area is 126 Å². The van der Waals surface area contributed by atoms with E-state index in [0.717, 1.165) is 0 Å². The fraction of sp³-hybridized carbons (Fsp3) is 0.214. The number of halogens is 2. The number of aromatic nitrogens is 4. The predicted octanol–water partition coefficient (Wildman–Crippen LogP) is 1.31. The van der Waals surface area contributed by atoms with Gasteiger partial charge in [-0.25, -0.2) is 13.6 Å². The highest BCUT2D eigenvalue weighted by atomic mass is 19.3. The van der Waals surface area contributed by atoms with Gasteiger partial charge in [0.05, 0.1) is 5.69 Å². The number of alkyl halides is 2. The van der Waals surface area contributed by atoms with Gasteiger partial charge in [-0.1, -0.05) is 24.3 Å². The summed E-state index contributed by atoms with van der Waals surface area (Å²) in [4.78, 5) is 27.7. The van der Waals surface area contributed by atoms with E-state index in [9.17, 15) is 18.4 Å². The molecule has 7 nitrogen and oxygen atoms in total. The Morgan fingerprint density at radius 2 is 1.91 bits per heavy atom. The number of aromatic amines is 3. The molecule has 1 saturated heterocycles. The highest BCUT2D eigenvalue weighted by Gasteiger charge is 2.50. The van der Waals surface area contributed by atoms with Gasteiger partial charge < -0.3 is 4.74 Å². The summed E-state index contributed by atoms with van der Waals surface area (Å²) in [6.45, 7) is -0.576. The molecule has 1 atom stereocenters. The number of benzene rings is 1. The molecular formula is C14H10F2N4O3. The number of ether oxygens (including phenoxy) is 1. The molecule has 23 heavy (non-hydrogen) atoms. The Hall–Kier alpha value is -2.81. The fourth-order valence-corrected chi connectivity index (χ4v) is 2.62. The van der Waals surface area contributed by atoms with Crippen molar-refractivity contribution in [3.05, 3.63) is 50.7 Å². The smallest absolute Gasteiger partial charge is 0.327 e. The standard InChI is InChI=1S/C14H10F2N4O3/c15-14(16)5-23-10(14)7-3-1-6(2-4-7)9-8-11(20-19-9)17-13(22)18-12(8)21/h1-4,10H,5H2,(H3,17,18,19,20,21,22). The number of rotatable bonds is 2. The summed E-state index contributed by atoms with van der Waals surface area (Å²) >= 11 is 0. The second kappa shape index (κ2) is 4.59. The molecule has 9 heteroatoms. The maximum Gasteiger partial charge on any atom is 0.327 e. The lowest BCUT2D eigenvalue weighted by molar-refractivity contribution is -0.268. The van der Waals surface area contributed by atoms with Crippen LogP contribution in [-0.4, -0.2) is 32.7 Å². The van der Waals surface area contributed by atoms with Crippen LogP contribution in [0.15, 0.2) is 33.9 Å². The molecule has 1 aliphatic rings. The van der Waals surface area contributed by atoms with Crippen LogP contribution in [0, 0.1) is 0 Å². The van der Waals surface area contributed by atoms with Crippen LogP contribution in [0.25, 0.3) is 22.3 Å². The summed E-state index contributed by atoms with van der Waals surface area (Å²) in [7, 11) is 0. The largest absolute Gasteiger partial charge is 0.361 e. The number of nitrogens with one attached hydrogen (secondary N) is 3. The van der Waals surface area contributed by atoms with Gasteiger partial charge in [0.25, 0.3) is 5.56 Å². The maximum absolute atomic E-state index is 13.3. The lowest BCUT2D eigenvalue weighted by Crippen LogP contribution is -2.44. The van der Waals surface area contributed by atoms with Crippen LogP contribution in [0.1, 0.15) is 11.7 Å². The monoisotopic (exact) mass is 320 g/mol. The van der Waals surface area contributed by atoms with Gasteiger partial charge in [-0.15, -0.1) is 0 Å². The molecule has 2 aromatic heterocycles. The SMILES string of the molecule is O=c1[nH]c(=O)c2c(-c3ccc(C4OCC4(F)F)cc3)[nH]nc2[nH]1. The van der Waals surface area contributed by atoms with E-state index >= 15 is 0 Å². The quantitative estimate of drug-likeness (QED) is 0.662. The lowest BCUT2D eigenvalue weighted by Gasteiger charge is -2.36. The molecule has 0 amide bonds. The highest BCUT2D eigenvalue weighted by Crippen LogP contribution is 2.43. The van der Waals surface area contributed by atoms with E-state index in [1.165, 1.54) is 12.1 Å². The second-order valence-electron chi connectivity index (χ2n) is 5.30. The summed E-state index contributed by atoms with van der Waals surface area (Å²) in [6.07, 6.45) is -1.24. The van der Waals surface area contributed by atoms with Crippen molar-refractivity contribution in [2.24, 2.45) is 0 Å². The molecular weight excluding hydrogens is 310 g/mol. The van der Waals surface area contributed by atoms with E-state index < -0.39 is 29.9 Å². The van der Waals surface area contributed by atoms with Crippen molar-refractivity contribution in [3.63, 3.8) is 0 Å². The van der Waals surface area contributed by atoms with Gasteiger partial charge in [0, 0.05) is 5.56 Å². The Kier molecular flexibility index (Phi) is 2.76. The highest BCUT2D eigenvalue weighted by molar-refractivity contribution is 5.89. The van der Waals surface area contributed by atoms with Crippen LogP contribution in [-0.2, 0) is 4.74 Å². The van der Waals surface area contributed by atoms with Gasteiger partial charge in [-0.05, 0) is 5.56 Å². The minimum Gasteiger partial charge on any atom is -0.361 e. The summed E-state index contributed by atoms with van der Waals surface area (Å²) in [5, 5.41) is 6.75. The first kappa shape index (κ1) is 13.8. The third kappa shape index (κ3) is 2.08. The molecule has 0 saturated carbocycles. The molecule has 0 bridgehead atoms. The number of fused-ring (bicyclic) bond motifs is 1. The second-order valence-corrected chi connectivity index (χ2v) is 5.30. The molecule has 1 unspecified atom stereocenters. The van der Waals surface area contributed by atoms with Crippen LogP contribution >= 0.6 is 0 Å². The number of hydrogen-bond acceptors (Lipinski definition) is 4. The van der Waals surface area contributed by atoms with Gasteiger partial charge in [0.15, 0.2) is 5.65 Å². The van der Waals surface area contributed by atoms with Crippen molar-refractivity contribution in [2.45, 2.75) is 12.0 Å². The first-order valence-electron chi connectivity index (χ1n) is 6.76. The first-order valence-corrected chi connectivity index (χ1v) is 6.76. The zero-order chi connectivity index (χ0) is 16.2. The van der Waals surface area contributed by atoms with E-state index in [-0.39, 0.29) is 11.0 Å². The zero-order valence-electron chi connectivity index (χ0n) is 11.5.